The van der Waals surface area contributed by atoms with Gasteiger partial charge in [0.15, 0.2) is 17.7 Å². The molecule has 0 spiro atoms. The number of hydrogen-bond acceptors (Lipinski definition) is 10. The first-order valence-electron chi connectivity index (χ1n) is 9.02. The van der Waals surface area contributed by atoms with Crippen molar-refractivity contribution in [2.75, 3.05) is 30.0 Å². The molecule has 1 unspecified atom stereocenters. The number of aromatic nitrogens is 1. The molecule has 0 radical (unpaired) electrons. The van der Waals surface area contributed by atoms with Crippen molar-refractivity contribution < 1.29 is 9.47 Å². The third kappa shape index (κ3) is 3.69. The third-order valence-corrected chi connectivity index (χ3v) is 4.64. The fraction of sp³-hybridized carbons (Fsp3) is 0.263. The number of nitrogens with two attached hydrogens (primary N) is 2. The molecule has 1 aliphatic rings. The number of anilines is 3. The van der Waals surface area contributed by atoms with Crippen LogP contribution in [0.2, 0.25) is 5.02 Å². The molecular formula is C19H19ClN8O2. The van der Waals surface area contributed by atoms with E-state index in [9.17, 15) is 5.26 Å². The molecule has 2 heterocycles. The van der Waals surface area contributed by atoms with E-state index in [0.717, 1.165) is 0 Å². The first kappa shape index (κ1) is 20.8. The lowest BCUT2D eigenvalue weighted by molar-refractivity contribution is 0.287. The van der Waals surface area contributed by atoms with Gasteiger partial charge in [-0.05, 0) is 19.9 Å². The van der Waals surface area contributed by atoms with Crippen LogP contribution in [-0.2, 0) is 0 Å². The second-order valence-corrected chi connectivity index (χ2v) is 6.50. The zero-order valence-electron chi connectivity index (χ0n) is 16.3. The van der Waals surface area contributed by atoms with E-state index in [0.29, 0.717) is 40.9 Å². The molecule has 0 saturated heterocycles. The lowest BCUT2D eigenvalue weighted by Gasteiger charge is -2.27. The predicted molar refractivity (Wildman–Crippen MR) is 113 cm³/mol. The van der Waals surface area contributed by atoms with Gasteiger partial charge in [-0.1, -0.05) is 11.6 Å². The van der Waals surface area contributed by atoms with Crippen molar-refractivity contribution in [3.05, 3.63) is 33.8 Å². The highest BCUT2D eigenvalue weighted by Gasteiger charge is 2.31. The molecule has 30 heavy (non-hydrogen) atoms. The number of hydrogen-bond donors (Lipinski definition) is 4. The van der Waals surface area contributed by atoms with Crippen LogP contribution in [0.4, 0.5) is 17.3 Å². The molecule has 1 aliphatic heterocycles. The summed E-state index contributed by atoms with van der Waals surface area (Å²) in [5.74, 6) is 1.33. The van der Waals surface area contributed by atoms with Gasteiger partial charge in [0.05, 0.1) is 23.9 Å². The van der Waals surface area contributed by atoms with Crippen molar-refractivity contribution in [1.82, 2.24) is 10.3 Å². The Bertz CT molecular complexity index is 1100. The summed E-state index contributed by atoms with van der Waals surface area (Å²) in [6, 6.07) is 4.51. The molecule has 0 amide bonds. The highest BCUT2D eigenvalue weighted by Crippen LogP contribution is 2.45. The van der Waals surface area contributed by atoms with Crippen LogP contribution in [0.15, 0.2) is 17.1 Å². The van der Waals surface area contributed by atoms with E-state index >= 15 is 0 Å². The van der Waals surface area contributed by atoms with E-state index in [4.69, 9.17) is 37.8 Å². The molecule has 0 bridgehead atoms. The summed E-state index contributed by atoms with van der Waals surface area (Å²) in [6.07, 6.45) is 1.80. The summed E-state index contributed by atoms with van der Waals surface area (Å²) < 4.78 is 11.3. The summed E-state index contributed by atoms with van der Waals surface area (Å²) in [5.41, 5.74) is 13.2. The Morgan fingerprint density at radius 3 is 2.47 bits per heavy atom. The van der Waals surface area contributed by atoms with Crippen molar-refractivity contribution in [2.24, 2.45) is 4.99 Å². The first-order chi connectivity index (χ1) is 14.4. The van der Waals surface area contributed by atoms with Gasteiger partial charge in [-0.3, -0.25) is 5.32 Å². The smallest absolute Gasteiger partial charge is 0.211 e. The Labute approximate surface area is 178 Å². The third-order valence-electron chi connectivity index (χ3n) is 4.31. The normalized spacial score (nSPS) is 14.4. The lowest BCUT2D eigenvalue weighted by Crippen LogP contribution is -2.32. The molecule has 1 atom stereocenters. The molecular weight excluding hydrogens is 408 g/mol. The summed E-state index contributed by atoms with van der Waals surface area (Å²) >= 11 is 6.56. The number of ether oxygens (including phenoxy) is 2. The number of halogens is 1. The van der Waals surface area contributed by atoms with Crippen molar-refractivity contribution in [2.45, 2.75) is 19.9 Å². The Morgan fingerprint density at radius 2 is 1.87 bits per heavy atom. The van der Waals surface area contributed by atoms with E-state index < -0.39 is 6.04 Å². The topological polar surface area (TPSA) is 167 Å². The van der Waals surface area contributed by atoms with Crippen LogP contribution in [0.3, 0.4) is 0 Å². The van der Waals surface area contributed by atoms with Gasteiger partial charge in [0, 0.05) is 17.2 Å². The first-order valence-corrected chi connectivity index (χ1v) is 9.40. The number of fused-ring (bicyclic) bond motifs is 1. The van der Waals surface area contributed by atoms with Gasteiger partial charge in [-0.25, -0.2) is 9.98 Å². The fourth-order valence-corrected chi connectivity index (χ4v) is 3.36. The molecule has 0 aliphatic carbocycles. The average Bonchev–Trinajstić information content (AvgIpc) is 2.70. The number of nitriles is 2. The molecule has 1 aromatic heterocycles. The molecule has 2 aromatic rings. The van der Waals surface area contributed by atoms with E-state index in [1.807, 2.05) is 19.9 Å². The second-order valence-electron chi connectivity index (χ2n) is 6.09. The van der Waals surface area contributed by atoms with Crippen molar-refractivity contribution in [3.63, 3.8) is 0 Å². The van der Waals surface area contributed by atoms with Crippen LogP contribution in [0.1, 0.15) is 36.6 Å². The number of nitrogens with one attached hydrogen (secondary N) is 2. The van der Waals surface area contributed by atoms with Crippen LogP contribution in [0.5, 0.6) is 11.5 Å². The molecule has 1 aromatic carbocycles. The number of aliphatic imine (C=N–C) groups is 1. The van der Waals surface area contributed by atoms with Gasteiger partial charge >= 0.3 is 0 Å². The molecule has 0 saturated carbocycles. The minimum atomic E-state index is -0.778. The Hall–Kier alpha value is -3.89. The van der Waals surface area contributed by atoms with Gasteiger partial charge in [-0.2, -0.15) is 10.5 Å². The molecule has 10 nitrogen and oxygen atoms in total. The summed E-state index contributed by atoms with van der Waals surface area (Å²) in [5, 5.41) is 24.1. The van der Waals surface area contributed by atoms with Crippen LogP contribution < -0.4 is 31.6 Å². The van der Waals surface area contributed by atoms with E-state index in [1.165, 1.54) is 0 Å². The molecule has 154 valence electrons. The largest absolute Gasteiger partial charge is 0.490 e. The van der Waals surface area contributed by atoms with Gasteiger partial charge in [0.2, 0.25) is 5.96 Å². The number of rotatable bonds is 5. The monoisotopic (exact) mass is 426 g/mol. The van der Waals surface area contributed by atoms with E-state index in [1.54, 1.807) is 18.3 Å². The summed E-state index contributed by atoms with van der Waals surface area (Å²) in [6.45, 7) is 4.54. The Balaban J connectivity index is 2.26. The molecule has 0 fully saturated rings. The number of guanidine groups is 1. The SMILES string of the molecule is CCOc1cc(Cl)c(C2N=C(NC#N)Nc3nc(N)c(C#N)c(N)c32)cc1OCC. The van der Waals surface area contributed by atoms with Gasteiger partial charge in [0.1, 0.15) is 29.3 Å². The zero-order chi connectivity index (χ0) is 21.8. The average molecular weight is 427 g/mol. The molecule has 6 N–H and O–H groups in total. The predicted octanol–water partition coefficient (Wildman–Crippen LogP) is 2.51. The molecule has 3 rings (SSSR count). The zero-order valence-corrected chi connectivity index (χ0v) is 17.0. The Morgan fingerprint density at radius 1 is 1.20 bits per heavy atom. The number of benzene rings is 1. The van der Waals surface area contributed by atoms with Gasteiger partial charge in [0.25, 0.3) is 0 Å². The summed E-state index contributed by atoms with van der Waals surface area (Å²) in [7, 11) is 0. The minimum absolute atomic E-state index is 0.0361. The van der Waals surface area contributed by atoms with Crippen LogP contribution >= 0.6 is 11.6 Å². The van der Waals surface area contributed by atoms with E-state index in [-0.39, 0.29) is 28.8 Å². The maximum atomic E-state index is 9.43. The maximum Gasteiger partial charge on any atom is 0.211 e. The minimum Gasteiger partial charge on any atom is -0.490 e. The van der Waals surface area contributed by atoms with Crippen LogP contribution in [0.25, 0.3) is 0 Å². The van der Waals surface area contributed by atoms with E-state index in [2.05, 4.69) is 20.6 Å². The second kappa shape index (κ2) is 8.64. The lowest BCUT2D eigenvalue weighted by atomic mass is 9.94. The highest BCUT2D eigenvalue weighted by atomic mass is 35.5. The standard InChI is InChI=1S/C19H19ClN8O2/c1-3-29-12-5-9(11(20)6-13(12)30-4-2)16-14-15(23)10(7-21)17(24)27-18(14)28-19(26-16)25-8-22/h5-6,16H,3-4H2,1-2H3,(H6,23,24,25,26,27,28). The van der Waals surface area contributed by atoms with Crippen LogP contribution in [-0.4, -0.2) is 24.2 Å². The number of nitrogens with zero attached hydrogens (tertiary/aromatic N) is 4. The van der Waals surface area contributed by atoms with Gasteiger partial charge < -0.3 is 26.3 Å². The van der Waals surface area contributed by atoms with Crippen molar-refractivity contribution >= 4 is 34.9 Å². The molecule has 11 heteroatoms. The van der Waals surface area contributed by atoms with Crippen LogP contribution in [0, 0.1) is 22.8 Å². The maximum absolute atomic E-state index is 9.43. The quantitative estimate of drug-likeness (QED) is 0.414. The van der Waals surface area contributed by atoms with Crippen molar-refractivity contribution in [3.8, 4) is 23.8 Å². The Kier molecular flexibility index (Phi) is 6.00. The highest BCUT2D eigenvalue weighted by molar-refractivity contribution is 6.31. The summed E-state index contributed by atoms with van der Waals surface area (Å²) in [4.78, 5) is 8.73. The van der Waals surface area contributed by atoms with Gasteiger partial charge in [-0.15, -0.1) is 0 Å². The number of nitrogen functional groups attached to an aromatic ring is 2. The number of pyridine rings is 1. The van der Waals surface area contributed by atoms with Crippen molar-refractivity contribution in [1.29, 1.82) is 10.5 Å². The fourth-order valence-electron chi connectivity index (χ4n) is 3.10.